The van der Waals surface area contributed by atoms with E-state index in [0.29, 0.717) is 12.0 Å². The van der Waals surface area contributed by atoms with Gasteiger partial charge in [0.05, 0.1) is 5.52 Å². The standard InChI is InChI=1S/C16H23N3/c1-3-12(4-2)16(19-17)11-14-10-9-13-7-5-6-8-15(13)18-14/h5-10,12,16,19H,3-4,11,17H2,1-2H3. The maximum absolute atomic E-state index is 5.71. The molecule has 1 atom stereocenters. The Kier molecular flexibility index (Phi) is 4.88. The summed E-state index contributed by atoms with van der Waals surface area (Å²) >= 11 is 0. The van der Waals surface area contributed by atoms with Crippen molar-refractivity contribution in [3.63, 3.8) is 0 Å². The van der Waals surface area contributed by atoms with Crippen molar-refractivity contribution in [2.75, 3.05) is 0 Å². The van der Waals surface area contributed by atoms with Crippen molar-refractivity contribution in [2.45, 2.75) is 39.2 Å². The number of pyridine rings is 1. The molecule has 1 heterocycles. The van der Waals surface area contributed by atoms with Gasteiger partial charge in [-0.2, -0.15) is 0 Å². The number of aromatic nitrogens is 1. The summed E-state index contributed by atoms with van der Waals surface area (Å²) in [6.07, 6.45) is 3.16. The highest BCUT2D eigenvalue weighted by Gasteiger charge is 2.18. The predicted molar refractivity (Wildman–Crippen MR) is 80.6 cm³/mol. The van der Waals surface area contributed by atoms with E-state index in [-0.39, 0.29) is 0 Å². The summed E-state index contributed by atoms with van der Waals surface area (Å²) < 4.78 is 0. The van der Waals surface area contributed by atoms with Crippen LogP contribution in [0.25, 0.3) is 10.9 Å². The van der Waals surface area contributed by atoms with Crippen LogP contribution in [-0.2, 0) is 6.42 Å². The Morgan fingerprint density at radius 2 is 1.84 bits per heavy atom. The summed E-state index contributed by atoms with van der Waals surface area (Å²) in [5.41, 5.74) is 5.12. The fourth-order valence-corrected chi connectivity index (χ4v) is 2.67. The molecule has 2 rings (SSSR count). The lowest BCUT2D eigenvalue weighted by atomic mass is 9.91. The van der Waals surface area contributed by atoms with Crippen molar-refractivity contribution in [3.8, 4) is 0 Å². The molecule has 0 aliphatic rings. The largest absolute Gasteiger partial charge is 0.271 e. The van der Waals surface area contributed by atoms with Gasteiger partial charge in [-0.25, -0.2) is 0 Å². The summed E-state index contributed by atoms with van der Waals surface area (Å²) in [5, 5.41) is 1.19. The Hall–Kier alpha value is -1.45. The highest BCUT2D eigenvalue weighted by Crippen LogP contribution is 2.18. The van der Waals surface area contributed by atoms with Crippen molar-refractivity contribution >= 4 is 10.9 Å². The minimum absolute atomic E-state index is 0.295. The quantitative estimate of drug-likeness (QED) is 0.617. The molecule has 2 aromatic rings. The fourth-order valence-electron chi connectivity index (χ4n) is 2.67. The minimum atomic E-state index is 0.295. The average molecular weight is 257 g/mol. The molecule has 3 N–H and O–H groups in total. The molecule has 19 heavy (non-hydrogen) atoms. The Morgan fingerprint density at radius 3 is 2.53 bits per heavy atom. The summed E-state index contributed by atoms with van der Waals surface area (Å²) in [6.45, 7) is 4.43. The third-order valence-electron chi connectivity index (χ3n) is 3.92. The Bertz CT molecular complexity index is 520. The molecule has 0 aliphatic heterocycles. The number of rotatable bonds is 6. The number of para-hydroxylation sites is 1. The molecule has 1 aromatic carbocycles. The number of nitrogens with one attached hydrogen (secondary N) is 1. The smallest absolute Gasteiger partial charge is 0.0705 e. The van der Waals surface area contributed by atoms with Gasteiger partial charge in [0.25, 0.3) is 0 Å². The first kappa shape index (κ1) is 14.0. The molecule has 0 saturated carbocycles. The van der Waals surface area contributed by atoms with E-state index in [1.165, 1.54) is 5.39 Å². The lowest BCUT2D eigenvalue weighted by molar-refractivity contribution is 0.334. The summed E-state index contributed by atoms with van der Waals surface area (Å²) in [6, 6.07) is 12.7. The second kappa shape index (κ2) is 6.64. The molecular formula is C16H23N3. The number of fused-ring (bicyclic) bond motifs is 1. The van der Waals surface area contributed by atoms with E-state index in [1.807, 2.05) is 12.1 Å². The van der Waals surface area contributed by atoms with Gasteiger partial charge in [-0.15, -0.1) is 0 Å². The number of hydrazine groups is 1. The third kappa shape index (κ3) is 3.31. The van der Waals surface area contributed by atoms with E-state index >= 15 is 0 Å². The van der Waals surface area contributed by atoms with Crippen molar-refractivity contribution in [1.29, 1.82) is 0 Å². The van der Waals surface area contributed by atoms with E-state index in [4.69, 9.17) is 10.8 Å². The van der Waals surface area contributed by atoms with E-state index in [2.05, 4.69) is 43.5 Å². The van der Waals surface area contributed by atoms with Gasteiger partial charge < -0.3 is 0 Å². The predicted octanol–water partition coefficient (Wildman–Crippen LogP) is 3.05. The zero-order chi connectivity index (χ0) is 13.7. The van der Waals surface area contributed by atoms with Gasteiger partial charge in [-0.1, -0.05) is 51.0 Å². The molecule has 0 radical (unpaired) electrons. The summed E-state index contributed by atoms with van der Waals surface area (Å²) in [4.78, 5) is 4.72. The van der Waals surface area contributed by atoms with Crippen LogP contribution in [-0.4, -0.2) is 11.0 Å². The first-order valence-electron chi connectivity index (χ1n) is 7.09. The van der Waals surface area contributed by atoms with Crippen molar-refractivity contribution < 1.29 is 0 Å². The fraction of sp³-hybridized carbons (Fsp3) is 0.438. The van der Waals surface area contributed by atoms with Gasteiger partial charge in [0.2, 0.25) is 0 Å². The van der Waals surface area contributed by atoms with Crippen LogP contribution in [0.4, 0.5) is 0 Å². The molecule has 0 saturated heterocycles. The number of hydrogen-bond donors (Lipinski definition) is 2. The van der Waals surface area contributed by atoms with Crippen LogP contribution in [0, 0.1) is 5.92 Å². The average Bonchev–Trinajstić information content (AvgIpc) is 2.47. The minimum Gasteiger partial charge on any atom is -0.271 e. The highest BCUT2D eigenvalue weighted by atomic mass is 15.2. The van der Waals surface area contributed by atoms with Crippen molar-refractivity contribution in [2.24, 2.45) is 11.8 Å². The molecule has 0 spiro atoms. The molecule has 3 heteroatoms. The Morgan fingerprint density at radius 1 is 1.11 bits per heavy atom. The second-order valence-corrected chi connectivity index (χ2v) is 5.05. The molecule has 1 unspecified atom stereocenters. The molecule has 0 fully saturated rings. The lowest BCUT2D eigenvalue weighted by Gasteiger charge is -2.24. The number of nitrogens with two attached hydrogens (primary N) is 1. The van der Waals surface area contributed by atoms with Crippen LogP contribution in [0.15, 0.2) is 36.4 Å². The van der Waals surface area contributed by atoms with Crippen LogP contribution >= 0.6 is 0 Å². The van der Waals surface area contributed by atoms with Crippen LogP contribution in [0.3, 0.4) is 0 Å². The van der Waals surface area contributed by atoms with Gasteiger partial charge >= 0.3 is 0 Å². The Labute approximate surface area is 115 Å². The van der Waals surface area contributed by atoms with Crippen LogP contribution in [0.5, 0.6) is 0 Å². The normalized spacial score (nSPS) is 13.1. The molecule has 1 aromatic heterocycles. The van der Waals surface area contributed by atoms with Crippen LogP contribution < -0.4 is 11.3 Å². The monoisotopic (exact) mass is 257 g/mol. The summed E-state index contributed by atoms with van der Waals surface area (Å²) in [5.74, 6) is 6.30. The van der Waals surface area contributed by atoms with Crippen molar-refractivity contribution in [1.82, 2.24) is 10.4 Å². The first-order chi connectivity index (χ1) is 9.28. The SMILES string of the molecule is CCC(CC)C(Cc1ccc2ccccc2n1)NN. The van der Waals surface area contributed by atoms with Crippen LogP contribution in [0.2, 0.25) is 0 Å². The number of benzene rings is 1. The van der Waals surface area contributed by atoms with E-state index in [9.17, 15) is 0 Å². The van der Waals surface area contributed by atoms with Gasteiger partial charge in [-0.05, 0) is 18.1 Å². The van der Waals surface area contributed by atoms with E-state index < -0.39 is 0 Å². The molecule has 3 nitrogen and oxygen atoms in total. The first-order valence-corrected chi connectivity index (χ1v) is 7.09. The third-order valence-corrected chi connectivity index (χ3v) is 3.92. The second-order valence-electron chi connectivity index (χ2n) is 5.05. The summed E-state index contributed by atoms with van der Waals surface area (Å²) in [7, 11) is 0. The lowest BCUT2D eigenvalue weighted by Crippen LogP contribution is -2.42. The van der Waals surface area contributed by atoms with E-state index in [0.717, 1.165) is 30.5 Å². The molecule has 0 bridgehead atoms. The topological polar surface area (TPSA) is 50.9 Å². The van der Waals surface area contributed by atoms with Crippen molar-refractivity contribution in [3.05, 3.63) is 42.1 Å². The molecule has 102 valence electrons. The zero-order valence-electron chi connectivity index (χ0n) is 11.8. The zero-order valence-corrected chi connectivity index (χ0v) is 11.8. The van der Waals surface area contributed by atoms with Gasteiger partial charge in [0.15, 0.2) is 0 Å². The van der Waals surface area contributed by atoms with Gasteiger partial charge in [-0.3, -0.25) is 16.3 Å². The highest BCUT2D eigenvalue weighted by molar-refractivity contribution is 5.78. The molecule has 0 amide bonds. The number of hydrogen-bond acceptors (Lipinski definition) is 3. The van der Waals surface area contributed by atoms with Crippen LogP contribution in [0.1, 0.15) is 32.4 Å². The molecule has 0 aliphatic carbocycles. The van der Waals surface area contributed by atoms with E-state index in [1.54, 1.807) is 0 Å². The van der Waals surface area contributed by atoms with Gasteiger partial charge in [0.1, 0.15) is 0 Å². The number of nitrogens with zero attached hydrogens (tertiary/aromatic N) is 1. The van der Waals surface area contributed by atoms with Gasteiger partial charge in [0, 0.05) is 23.5 Å². The maximum atomic E-state index is 5.71. The Balaban J connectivity index is 2.19. The molecular weight excluding hydrogens is 234 g/mol. The maximum Gasteiger partial charge on any atom is 0.0705 e.